The van der Waals surface area contributed by atoms with Crippen molar-refractivity contribution in [3.05, 3.63) is 111 Å². The van der Waals surface area contributed by atoms with Gasteiger partial charge in [-0.3, -0.25) is 14.3 Å². The van der Waals surface area contributed by atoms with Crippen LogP contribution in [0.1, 0.15) is 20.7 Å². The molecular formula is C26H18Cl3N3O5S. The van der Waals surface area contributed by atoms with Gasteiger partial charge in [0.15, 0.2) is 0 Å². The highest BCUT2D eigenvalue weighted by atomic mass is 35.5. The molecule has 0 aliphatic carbocycles. The molecule has 0 saturated carbocycles. The van der Waals surface area contributed by atoms with E-state index in [9.17, 15) is 18.0 Å². The number of hydrogen-bond donors (Lipinski definition) is 3. The maximum Gasteiger partial charge on any atom is 0.261 e. The van der Waals surface area contributed by atoms with E-state index in [-0.39, 0.29) is 37.4 Å². The summed E-state index contributed by atoms with van der Waals surface area (Å²) in [5, 5.41) is 3.29. The van der Waals surface area contributed by atoms with E-state index in [2.05, 4.69) is 10.0 Å². The van der Waals surface area contributed by atoms with Crippen LogP contribution in [-0.4, -0.2) is 20.2 Å². The maximum atomic E-state index is 13.1. The van der Waals surface area contributed by atoms with Crippen LogP contribution in [0.15, 0.2) is 89.8 Å². The fourth-order valence-corrected chi connectivity index (χ4v) is 4.89. The maximum absolute atomic E-state index is 13.1. The molecule has 12 heteroatoms. The van der Waals surface area contributed by atoms with Gasteiger partial charge in [0.05, 0.1) is 31.9 Å². The van der Waals surface area contributed by atoms with Crippen LogP contribution in [0.5, 0.6) is 11.5 Å². The van der Waals surface area contributed by atoms with Gasteiger partial charge in [-0.1, -0.05) is 46.9 Å². The Morgan fingerprint density at radius 2 is 1.50 bits per heavy atom. The molecular weight excluding hydrogens is 573 g/mol. The van der Waals surface area contributed by atoms with Gasteiger partial charge in [0, 0.05) is 10.6 Å². The van der Waals surface area contributed by atoms with E-state index in [4.69, 9.17) is 45.3 Å². The molecule has 4 aromatic carbocycles. The van der Waals surface area contributed by atoms with Crippen LogP contribution in [0.2, 0.25) is 15.1 Å². The number of sulfonamides is 1. The molecule has 4 rings (SSSR count). The van der Waals surface area contributed by atoms with Crippen molar-refractivity contribution in [3.63, 3.8) is 0 Å². The monoisotopic (exact) mass is 589 g/mol. The summed E-state index contributed by atoms with van der Waals surface area (Å²) in [5.41, 5.74) is 5.41. The summed E-state index contributed by atoms with van der Waals surface area (Å²) in [6, 6.07) is 20.7. The van der Waals surface area contributed by atoms with Crippen molar-refractivity contribution < 1.29 is 22.7 Å². The molecule has 4 aromatic rings. The number of nitrogens with one attached hydrogen (secondary N) is 2. The topological polar surface area (TPSA) is 128 Å². The van der Waals surface area contributed by atoms with Crippen LogP contribution in [0.4, 0.5) is 11.4 Å². The average Bonchev–Trinajstić information content (AvgIpc) is 2.88. The van der Waals surface area contributed by atoms with Crippen molar-refractivity contribution in [1.82, 2.24) is 0 Å². The molecule has 0 spiro atoms. The van der Waals surface area contributed by atoms with Crippen LogP contribution < -0.4 is 20.5 Å². The zero-order valence-corrected chi connectivity index (χ0v) is 22.3. The number of nitrogens with two attached hydrogens (primary N) is 1. The Balaban J connectivity index is 1.57. The second kappa shape index (κ2) is 11.3. The summed E-state index contributed by atoms with van der Waals surface area (Å²) in [7, 11) is -4.12. The van der Waals surface area contributed by atoms with E-state index in [0.29, 0.717) is 16.5 Å². The van der Waals surface area contributed by atoms with Crippen LogP contribution in [0.25, 0.3) is 0 Å². The standard InChI is InChI=1S/C26H18Cl3N3O5S/c27-16-6-12-22(19(14-16)26(34)31-23-13-15(25(30)33)5-11-20(23)28)32-38(35,36)18-9-7-17(8-10-18)37-24-4-2-1-3-21(24)29/h1-14,32H,(H2,30,33)(H,31,34). The van der Waals surface area contributed by atoms with E-state index >= 15 is 0 Å². The number of rotatable bonds is 8. The summed E-state index contributed by atoms with van der Waals surface area (Å²) in [4.78, 5) is 24.5. The number of halogens is 3. The van der Waals surface area contributed by atoms with E-state index in [1.54, 1.807) is 24.3 Å². The van der Waals surface area contributed by atoms with E-state index in [1.165, 1.54) is 60.7 Å². The van der Waals surface area contributed by atoms with E-state index < -0.39 is 21.8 Å². The first-order valence-electron chi connectivity index (χ1n) is 10.8. The molecule has 0 fully saturated rings. The van der Waals surface area contributed by atoms with E-state index in [1.807, 2.05) is 0 Å². The Morgan fingerprint density at radius 1 is 0.789 bits per heavy atom. The Hall–Kier alpha value is -3.76. The minimum absolute atomic E-state index is 0.0366. The number of carbonyl (C=O) groups excluding carboxylic acids is 2. The normalized spacial score (nSPS) is 11.0. The molecule has 0 radical (unpaired) electrons. The first-order valence-corrected chi connectivity index (χ1v) is 13.4. The molecule has 2 amide bonds. The lowest BCUT2D eigenvalue weighted by molar-refractivity contribution is 0.0996. The SMILES string of the molecule is NC(=O)c1ccc(Cl)c(NC(=O)c2cc(Cl)ccc2NS(=O)(=O)c2ccc(Oc3ccccc3Cl)cc2)c1. The predicted molar refractivity (Wildman–Crippen MR) is 148 cm³/mol. The minimum Gasteiger partial charge on any atom is -0.456 e. The van der Waals surface area contributed by atoms with Gasteiger partial charge >= 0.3 is 0 Å². The summed E-state index contributed by atoms with van der Waals surface area (Å²) in [6.07, 6.45) is 0. The fraction of sp³-hybridized carbons (Fsp3) is 0. The van der Waals surface area contributed by atoms with Gasteiger partial charge in [-0.25, -0.2) is 8.42 Å². The molecule has 38 heavy (non-hydrogen) atoms. The first-order chi connectivity index (χ1) is 18.0. The van der Waals surface area contributed by atoms with Crippen molar-refractivity contribution in [1.29, 1.82) is 0 Å². The highest BCUT2D eigenvalue weighted by Crippen LogP contribution is 2.31. The van der Waals surface area contributed by atoms with Crippen LogP contribution in [-0.2, 0) is 10.0 Å². The summed E-state index contributed by atoms with van der Waals surface area (Å²) in [6.45, 7) is 0. The number of ether oxygens (including phenoxy) is 1. The Kier molecular flexibility index (Phi) is 8.13. The van der Waals surface area contributed by atoms with Crippen molar-refractivity contribution in [3.8, 4) is 11.5 Å². The average molecular weight is 591 g/mol. The minimum atomic E-state index is -4.12. The van der Waals surface area contributed by atoms with Crippen molar-refractivity contribution in [2.24, 2.45) is 5.73 Å². The Bertz CT molecular complexity index is 1640. The lowest BCUT2D eigenvalue weighted by Crippen LogP contribution is -2.19. The lowest BCUT2D eigenvalue weighted by atomic mass is 10.1. The van der Waals surface area contributed by atoms with Gasteiger partial charge in [0.1, 0.15) is 11.5 Å². The van der Waals surface area contributed by atoms with Gasteiger partial charge < -0.3 is 15.8 Å². The Morgan fingerprint density at radius 3 is 2.18 bits per heavy atom. The van der Waals surface area contributed by atoms with Gasteiger partial charge in [0.2, 0.25) is 5.91 Å². The number of para-hydroxylation sites is 1. The van der Waals surface area contributed by atoms with Crippen LogP contribution in [0, 0.1) is 0 Å². The predicted octanol–water partition coefficient (Wildman–Crippen LogP) is 6.59. The smallest absolute Gasteiger partial charge is 0.261 e. The second-order valence-corrected chi connectivity index (χ2v) is 10.7. The van der Waals surface area contributed by atoms with Gasteiger partial charge in [-0.05, 0) is 72.8 Å². The van der Waals surface area contributed by atoms with Crippen molar-refractivity contribution in [2.75, 3.05) is 10.0 Å². The zero-order chi connectivity index (χ0) is 27.4. The largest absolute Gasteiger partial charge is 0.456 e. The zero-order valence-electron chi connectivity index (χ0n) is 19.2. The first kappa shape index (κ1) is 27.3. The van der Waals surface area contributed by atoms with Gasteiger partial charge in [-0.2, -0.15) is 0 Å². The number of primary amides is 1. The summed E-state index contributed by atoms with van der Waals surface area (Å²) in [5.74, 6) is -0.645. The molecule has 8 nitrogen and oxygen atoms in total. The van der Waals surface area contributed by atoms with Gasteiger partial charge in [-0.15, -0.1) is 0 Å². The number of anilines is 2. The molecule has 0 aliphatic heterocycles. The van der Waals surface area contributed by atoms with Crippen LogP contribution >= 0.6 is 34.8 Å². The number of amides is 2. The molecule has 4 N–H and O–H groups in total. The third kappa shape index (κ3) is 6.38. The Labute approximate surface area is 233 Å². The summed E-state index contributed by atoms with van der Waals surface area (Å²) >= 11 is 18.3. The van der Waals surface area contributed by atoms with E-state index in [0.717, 1.165) is 0 Å². The van der Waals surface area contributed by atoms with Crippen molar-refractivity contribution in [2.45, 2.75) is 4.90 Å². The highest BCUT2D eigenvalue weighted by Gasteiger charge is 2.21. The fourth-order valence-electron chi connectivity index (χ4n) is 3.30. The molecule has 194 valence electrons. The van der Waals surface area contributed by atoms with Crippen LogP contribution in [0.3, 0.4) is 0 Å². The molecule has 0 bridgehead atoms. The number of carbonyl (C=O) groups is 2. The lowest BCUT2D eigenvalue weighted by Gasteiger charge is -2.14. The number of hydrogen-bond acceptors (Lipinski definition) is 5. The summed E-state index contributed by atoms with van der Waals surface area (Å²) < 4.78 is 34.3. The molecule has 0 aliphatic rings. The molecule has 0 atom stereocenters. The third-order valence-electron chi connectivity index (χ3n) is 5.17. The molecule has 0 heterocycles. The molecule has 0 unspecified atom stereocenters. The number of benzene rings is 4. The second-order valence-electron chi connectivity index (χ2n) is 7.81. The van der Waals surface area contributed by atoms with Gasteiger partial charge in [0.25, 0.3) is 15.9 Å². The quantitative estimate of drug-likeness (QED) is 0.213. The molecule has 0 saturated heterocycles. The third-order valence-corrected chi connectivity index (χ3v) is 7.43. The van der Waals surface area contributed by atoms with Crippen molar-refractivity contribution >= 4 is 68.0 Å². The highest BCUT2D eigenvalue weighted by molar-refractivity contribution is 7.92. The molecule has 0 aromatic heterocycles.